The molecule has 6 nitrogen and oxygen atoms in total. The third-order valence-corrected chi connectivity index (χ3v) is 5.18. The average molecular weight is 360 g/mol. The van der Waals surface area contributed by atoms with Crippen molar-refractivity contribution in [3.8, 4) is 0 Å². The summed E-state index contributed by atoms with van der Waals surface area (Å²) < 4.78 is 25.2. The molecule has 23 heavy (non-hydrogen) atoms. The van der Waals surface area contributed by atoms with E-state index in [1.54, 1.807) is 24.3 Å². The lowest BCUT2D eigenvalue weighted by Gasteiger charge is -2.23. The Kier molecular flexibility index (Phi) is 5.23. The average Bonchev–Trinajstić information content (AvgIpc) is 3.14. The molecule has 3 rings (SSSR count). The van der Waals surface area contributed by atoms with Gasteiger partial charge in [-0.15, -0.1) is 12.4 Å². The molecule has 1 aromatic rings. The minimum atomic E-state index is -3.38. The molecule has 1 atom stereocenters. The number of anilines is 2. The second kappa shape index (κ2) is 6.67. The van der Waals surface area contributed by atoms with Gasteiger partial charge in [0.15, 0.2) is 0 Å². The van der Waals surface area contributed by atoms with Gasteiger partial charge in [-0.1, -0.05) is 12.1 Å². The lowest BCUT2D eigenvalue weighted by molar-refractivity contribution is -0.118. The van der Waals surface area contributed by atoms with Crippen LogP contribution in [0.5, 0.6) is 0 Å². The van der Waals surface area contributed by atoms with Gasteiger partial charge in [-0.05, 0) is 49.9 Å². The Balaban J connectivity index is 0.00000192. The van der Waals surface area contributed by atoms with E-state index < -0.39 is 10.0 Å². The first kappa shape index (κ1) is 18.0. The SMILES string of the molecule is CS(=O)(=O)Nc1ccccc1NC(=O)C1CC12CCNCC2.Cl. The quantitative estimate of drug-likeness (QED) is 0.765. The Hall–Kier alpha value is -1.31. The summed E-state index contributed by atoms with van der Waals surface area (Å²) in [5.41, 5.74) is 1.07. The Morgan fingerprint density at radius 2 is 1.83 bits per heavy atom. The van der Waals surface area contributed by atoms with Crippen LogP contribution in [0.2, 0.25) is 0 Å². The second-order valence-electron chi connectivity index (χ2n) is 6.28. The highest BCUT2D eigenvalue weighted by atomic mass is 35.5. The molecule has 1 saturated carbocycles. The zero-order valence-electron chi connectivity index (χ0n) is 13.0. The molecule has 1 spiro atoms. The van der Waals surface area contributed by atoms with E-state index >= 15 is 0 Å². The van der Waals surface area contributed by atoms with Crippen LogP contribution in [0.3, 0.4) is 0 Å². The minimum Gasteiger partial charge on any atom is -0.324 e. The van der Waals surface area contributed by atoms with E-state index in [4.69, 9.17) is 0 Å². The molecule has 1 heterocycles. The molecule has 1 aromatic carbocycles. The van der Waals surface area contributed by atoms with Crippen LogP contribution in [0.25, 0.3) is 0 Å². The van der Waals surface area contributed by atoms with Crippen LogP contribution in [-0.4, -0.2) is 33.7 Å². The molecule has 1 aliphatic heterocycles. The van der Waals surface area contributed by atoms with Crippen LogP contribution in [0, 0.1) is 11.3 Å². The van der Waals surface area contributed by atoms with Crippen LogP contribution >= 0.6 is 12.4 Å². The first-order chi connectivity index (χ1) is 10.4. The van der Waals surface area contributed by atoms with E-state index in [0.29, 0.717) is 11.4 Å². The molecule has 0 bridgehead atoms. The lowest BCUT2D eigenvalue weighted by Crippen LogP contribution is -2.31. The van der Waals surface area contributed by atoms with Crippen molar-refractivity contribution in [3.05, 3.63) is 24.3 Å². The van der Waals surface area contributed by atoms with Crippen LogP contribution in [0.4, 0.5) is 11.4 Å². The fourth-order valence-corrected chi connectivity index (χ4v) is 3.87. The molecule has 1 amide bonds. The molecular formula is C15H22ClN3O3S. The summed E-state index contributed by atoms with van der Waals surface area (Å²) in [5, 5.41) is 6.20. The zero-order valence-corrected chi connectivity index (χ0v) is 14.6. The van der Waals surface area contributed by atoms with Gasteiger partial charge in [0.2, 0.25) is 15.9 Å². The van der Waals surface area contributed by atoms with Gasteiger partial charge >= 0.3 is 0 Å². The van der Waals surface area contributed by atoms with Gasteiger partial charge in [0.05, 0.1) is 17.6 Å². The third-order valence-electron chi connectivity index (χ3n) is 4.59. The highest BCUT2D eigenvalue weighted by Gasteiger charge is 2.57. The standard InChI is InChI=1S/C15H21N3O3S.ClH/c1-22(20,21)18-13-5-3-2-4-12(13)17-14(19)11-10-15(11)6-8-16-9-7-15;/h2-5,11,16,18H,6-10H2,1H3,(H,17,19);1H. The van der Waals surface area contributed by atoms with Crippen molar-refractivity contribution >= 4 is 39.7 Å². The first-order valence-corrected chi connectivity index (χ1v) is 9.37. The number of nitrogens with one attached hydrogen (secondary N) is 3. The fourth-order valence-electron chi connectivity index (χ4n) is 3.30. The lowest BCUT2D eigenvalue weighted by atomic mass is 9.92. The number of carbonyl (C=O) groups excluding carboxylic acids is 1. The molecule has 0 aromatic heterocycles. The van der Waals surface area contributed by atoms with Gasteiger partial charge in [0, 0.05) is 5.92 Å². The molecule has 1 unspecified atom stereocenters. The number of halogens is 1. The number of carbonyl (C=O) groups is 1. The highest BCUT2D eigenvalue weighted by Crippen LogP contribution is 2.58. The van der Waals surface area contributed by atoms with Crippen molar-refractivity contribution in [2.45, 2.75) is 19.3 Å². The molecule has 3 N–H and O–H groups in total. The van der Waals surface area contributed by atoms with E-state index in [1.807, 2.05) is 0 Å². The number of hydrogen-bond donors (Lipinski definition) is 3. The van der Waals surface area contributed by atoms with Crippen LogP contribution < -0.4 is 15.4 Å². The van der Waals surface area contributed by atoms with Gasteiger partial charge in [-0.3, -0.25) is 9.52 Å². The number of amides is 1. The van der Waals surface area contributed by atoms with Crippen molar-refractivity contribution in [2.75, 3.05) is 29.4 Å². The van der Waals surface area contributed by atoms with Crippen molar-refractivity contribution in [1.29, 1.82) is 0 Å². The third kappa shape index (κ3) is 4.16. The molecular weight excluding hydrogens is 338 g/mol. The maximum atomic E-state index is 12.5. The van der Waals surface area contributed by atoms with Gasteiger partial charge in [0.1, 0.15) is 0 Å². The number of para-hydroxylation sites is 2. The number of benzene rings is 1. The maximum Gasteiger partial charge on any atom is 0.229 e. The number of hydrogen-bond acceptors (Lipinski definition) is 4. The summed E-state index contributed by atoms with van der Waals surface area (Å²) in [7, 11) is -3.38. The van der Waals surface area contributed by atoms with Crippen LogP contribution in [0.15, 0.2) is 24.3 Å². The number of rotatable bonds is 4. The predicted octanol–water partition coefficient (Wildman–Crippen LogP) is 1.81. The molecule has 1 aliphatic carbocycles. The predicted molar refractivity (Wildman–Crippen MR) is 93.4 cm³/mol. The molecule has 8 heteroatoms. The fraction of sp³-hybridized carbons (Fsp3) is 0.533. The molecule has 2 fully saturated rings. The van der Waals surface area contributed by atoms with Gasteiger partial charge in [-0.2, -0.15) is 0 Å². The number of sulfonamides is 1. The van der Waals surface area contributed by atoms with E-state index in [1.165, 1.54) is 0 Å². The van der Waals surface area contributed by atoms with Crippen LogP contribution in [0.1, 0.15) is 19.3 Å². The summed E-state index contributed by atoms with van der Waals surface area (Å²) in [5.74, 6) is 0.0329. The van der Waals surface area contributed by atoms with Crippen molar-refractivity contribution < 1.29 is 13.2 Å². The van der Waals surface area contributed by atoms with E-state index in [9.17, 15) is 13.2 Å². The Morgan fingerprint density at radius 1 is 1.22 bits per heavy atom. The van der Waals surface area contributed by atoms with Crippen molar-refractivity contribution in [2.24, 2.45) is 11.3 Å². The van der Waals surface area contributed by atoms with E-state index in [0.717, 1.165) is 38.6 Å². The van der Waals surface area contributed by atoms with Gasteiger partial charge in [0.25, 0.3) is 0 Å². The van der Waals surface area contributed by atoms with Crippen molar-refractivity contribution in [1.82, 2.24) is 5.32 Å². The first-order valence-electron chi connectivity index (χ1n) is 7.48. The minimum absolute atomic E-state index is 0. The number of piperidine rings is 1. The normalized spacial score (nSPS) is 22.0. The topological polar surface area (TPSA) is 87.3 Å². The molecule has 1 saturated heterocycles. The molecule has 0 radical (unpaired) electrons. The Morgan fingerprint density at radius 3 is 2.43 bits per heavy atom. The van der Waals surface area contributed by atoms with Gasteiger partial charge in [-0.25, -0.2) is 8.42 Å². The summed E-state index contributed by atoms with van der Waals surface area (Å²) in [6, 6.07) is 6.86. The van der Waals surface area contributed by atoms with Gasteiger partial charge < -0.3 is 10.6 Å². The summed E-state index contributed by atoms with van der Waals surface area (Å²) in [4.78, 5) is 12.5. The summed E-state index contributed by atoms with van der Waals surface area (Å²) in [6.07, 6.45) is 4.10. The molecule has 128 valence electrons. The van der Waals surface area contributed by atoms with E-state index in [-0.39, 0.29) is 29.6 Å². The maximum absolute atomic E-state index is 12.5. The highest BCUT2D eigenvalue weighted by molar-refractivity contribution is 7.92. The zero-order chi connectivity index (χ0) is 15.8. The Labute approximate surface area is 142 Å². The van der Waals surface area contributed by atoms with E-state index in [2.05, 4.69) is 15.4 Å². The summed E-state index contributed by atoms with van der Waals surface area (Å²) in [6.45, 7) is 1.94. The smallest absolute Gasteiger partial charge is 0.229 e. The van der Waals surface area contributed by atoms with Crippen molar-refractivity contribution in [3.63, 3.8) is 0 Å². The monoisotopic (exact) mass is 359 g/mol. The second-order valence-corrected chi connectivity index (χ2v) is 8.03. The van der Waals surface area contributed by atoms with Crippen LogP contribution in [-0.2, 0) is 14.8 Å². The molecule has 2 aliphatic rings. The largest absolute Gasteiger partial charge is 0.324 e. The summed E-state index contributed by atoms with van der Waals surface area (Å²) >= 11 is 0. The Bertz CT molecular complexity index is 687.